The topological polar surface area (TPSA) is 110 Å². The van der Waals surface area contributed by atoms with E-state index in [1.807, 2.05) is 36.4 Å². The molecule has 1 saturated heterocycles. The summed E-state index contributed by atoms with van der Waals surface area (Å²) < 4.78 is 15.9. The van der Waals surface area contributed by atoms with E-state index in [1.54, 1.807) is 30.3 Å². The maximum absolute atomic E-state index is 12.7. The van der Waals surface area contributed by atoms with Crippen LogP contribution in [0.4, 0.5) is 16.2 Å². The van der Waals surface area contributed by atoms with E-state index in [0.717, 1.165) is 5.56 Å². The van der Waals surface area contributed by atoms with Crippen molar-refractivity contribution in [3.8, 4) is 23.7 Å². The highest BCUT2D eigenvalue weighted by Crippen LogP contribution is 2.36. The summed E-state index contributed by atoms with van der Waals surface area (Å²) in [6.45, 7) is 0.167. The smallest absolute Gasteiger partial charge is 0.488 e. The molecule has 0 bridgehead atoms. The Morgan fingerprint density at radius 3 is 2.64 bits per heavy atom. The van der Waals surface area contributed by atoms with Gasteiger partial charge < -0.3 is 19.5 Å². The number of cyclic esters (lactones) is 2. The Morgan fingerprint density at radius 2 is 1.86 bits per heavy atom. The van der Waals surface area contributed by atoms with Crippen LogP contribution in [0, 0.1) is 23.2 Å². The molecule has 0 aromatic heterocycles. The van der Waals surface area contributed by atoms with Gasteiger partial charge in [-0.25, -0.2) is 9.79 Å². The minimum Gasteiger partial charge on any atom is -0.488 e. The van der Waals surface area contributed by atoms with Gasteiger partial charge in [0.25, 0.3) is 0 Å². The van der Waals surface area contributed by atoms with Crippen LogP contribution in [0.15, 0.2) is 71.7 Å². The molecule has 5 rings (SSSR count). The van der Waals surface area contributed by atoms with Crippen molar-refractivity contribution in [3.63, 3.8) is 0 Å². The maximum Gasteiger partial charge on any atom is 0.508 e. The molecular weight excluding hydrogens is 458 g/mol. The van der Waals surface area contributed by atoms with Crippen LogP contribution >= 0.6 is 0 Å². The fourth-order valence-electron chi connectivity index (χ4n) is 3.74. The van der Waals surface area contributed by atoms with Crippen molar-refractivity contribution in [2.24, 2.45) is 4.99 Å². The van der Waals surface area contributed by atoms with Gasteiger partial charge in [-0.1, -0.05) is 42.2 Å². The Hall–Kier alpha value is -5.08. The highest BCUT2D eigenvalue weighted by molar-refractivity contribution is 6.17. The lowest BCUT2D eigenvalue weighted by molar-refractivity contribution is -0.115. The number of anilines is 1. The normalized spacial score (nSPS) is 16.1. The van der Waals surface area contributed by atoms with Gasteiger partial charge in [0.05, 0.1) is 40.7 Å². The van der Waals surface area contributed by atoms with Crippen LogP contribution in [0.1, 0.15) is 28.7 Å². The SMILES string of the molecule is N#Cc1cccc(C2=Nc3cc(OCC4COC(=O)O4)c(C#Cc4ccccc4)cc3NC(=O)C2)c1. The number of nitrogens with zero attached hydrogens (tertiary/aromatic N) is 2. The van der Waals surface area contributed by atoms with Gasteiger partial charge in [0.2, 0.25) is 5.91 Å². The third-order valence-corrected chi connectivity index (χ3v) is 5.47. The molecule has 2 aliphatic rings. The first kappa shape index (κ1) is 22.7. The molecule has 0 saturated carbocycles. The molecule has 0 spiro atoms. The highest BCUT2D eigenvalue weighted by Gasteiger charge is 2.26. The van der Waals surface area contributed by atoms with Gasteiger partial charge in [0.15, 0.2) is 6.10 Å². The van der Waals surface area contributed by atoms with Gasteiger partial charge >= 0.3 is 6.16 Å². The zero-order chi connectivity index (χ0) is 24.9. The second-order valence-corrected chi connectivity index (χ2v) is 8.07. The average Bonchev–Trinajstić information content (AvgIpc) is 3.24. The lowest BCUT2D eigenvalue weighted by Gasteiger charge is -2.14. The Kier molecular flexibility index (Phi) is 6.33. The van der Waals surface area contributed by atoms with Crippen LogP contribution in [-0.4, -0.2) is 37.1 Å². The number of nitrogens with one attached hydrogen (secondary N) is 1. The second kappa shape index (κ2) is 10.0. The van der Waals surface area contributed by atoms with E-state index in [-0.39, 0.29) is 25.5 Å². The zero-order valence-electron chi connectivity index (χ0n) is 19.0. The third kappa shape index (κ3) is 5.19. The third-order valence-electron chi connectivity index (χ3n) is 5.47. The molecule has 3 aromatic rings. The summed E-state index contributed by atoms with van der Waals surface area (Å²) in [4.78, 5) is 28.7. The molecule has 2 aliphatic heterocycles. The predicted molar refractivity (Wildman–Crippen MR) is 131 cm³/mol. The lowest BCUT2D eigenvalue weighted by atomic mass is 10.0. The van der Waals surface area contributed by atoms with Crippen LogP contribution in [0.3, 0.4) is 0 Å². The van der Waals surface area contributed by atoms with Gasteiger partial charge in [0.1, 0.15) is 19.0 Å². The monoisotopic (exact) mass is 477 g/mol. The predicted octanol–water partition coefficient (Wildman–Crippen LogP) is 4.34. The maximum atomic E-state index is 12.7. The lowest BCUT2D eigenvalue weighted by Crippen LogP contribution is -2.20. The van der Waals surface area contributed by atoms with Crippen molar-refractivity contribution >= 4 is 29.1 Å². The van der Waals surface area contributed by atoms with E-state index in [2.05, 4.69) is 23.2 Å². The molecular formula is C28H19N3O5. The molecule has 3 aromatic carbocycles. The van der Waals surface area contributed by atoms with Crippen molar-refractivity contribution in [2.75, 3.05) is 18.5 Å². The van der Waals surface area contributed by atoms with Crippen molar-refractivity contribution in [1.82, 2.24) is 0 Å². The second-order valence-electron chi connectivity index (χ2n) is 8.07. The van der Waals surface area contributed by atoms with Crippen LogP contribution in [0.2, 0.25) is 0 Å². The van der Waals surface area contributed by atoms with E-state index < -0.39 is 12.3 Å². The number of aliphatic imine (C=N–C) groups is 1. The Morgan fingerprint density at radius 1 is 1.03 bits per heavy atom. The quantitative estimate of drug-likeness (QED) is 0.442. The summed E-state index contributed by atoms with van der Waals surface area (Å²) in [5.74, 6) is 6.39. The van der Waals surface area contributed by atoms with Crippen LogP contribution in [0.25, 0.3) is 0 Å². The minimum atomic E-state index is -0.730. The van der Waals surface area contributed by atoms with Crippen LogP contribution in [0.5, 0.6) is 5.75 Å². The van der Waals surface area contributed by atoms with Crippen LogP contribution in [-0.2, 0) is 14.3 Å². The molecule has 8 nitrogen and oxygen atoms in total. The van der Waals surface area contributed by atoms with E-state index >= 15 is 0 Å². The summed E-state index contributed by atoms with van der Waals surface area (Å²) >= 11 is 0. The number of rotatable bonds is 4. The number of hydrogen-bond donors (Lipinski definition) is 1. The standard InChI is InChI=1S/C28H19N3O5/c29-15-19-7-4-8-20(11-19)23-14-27(32)31-24-12-21(10-9-18-5-2-1-3-6-18)26(13-25(24)30-23)34-16-22-17-35-28(33)36-22/h1-8,11-13,22H,14,16-17H2,(H,31,32). The molecule has 1 unspecified atom stereocenters. The number of nitriles is 1. The van der Waals surface area contributed by atoms with Crippen molar-refractivity contribution in [3.05, 3.63) is 89.0 Å². The molecule has 1 amide bonds. The van der Waals surface area contributed by atoms with Gasteiger partial charge in [-0.05, 0) is 35.9 Å². The Bertz CT molecular complexity index is 1480. The first-order valence-corrected chi connectivity index (χ1v) is 11.2. The van der Waals surface area contributed by atoms with E-state index in [4.69, 9.17) is 19.2 Å². The first-order valence-electron chi connectivity index (χ1n) is 11.2. The Balaban J connectivity index is 1.55. The van der Waals surface area contributed by atoms with E-state index in [1.165, 1.54) is 0 Å². The van der Waals surface area contributed by atoms with Gasteiger partial charge in [-0.2, -0.15) is 5.26 Å². The summed E-state index contributed by atoms with van der Waals surface area (Å²) in [7, 11) is 0. The number of fused-ring (bicyclic) bond motifs is 1. The molecule has 8 heteroatoms. The average molecular weight is 477 g/mol. The summed E-state index contributed by atoms with van der Waals surface area (Å²) in [5.41, 5.74) is 4.01. The molecule has 36 heavy (non-hydrogen) atoms. The number of hydrogen-bond acceptors (Lipinski definition) is 7. The molecule has 2 heterocycles. The molecule has 1 atom stereocenters. The fourth-order valence-corrected chi connectivity index (χ4v) is 3.74. The van der Waals surface area contributed by atoms with E-state index in [0.29, 0.717) is 39.5 Å². The number of carbonyl (C=O) groups is 2. The zero-order valence-corrected chi connectivity index (χ0v) is 19.0. The number of carbonyl (C=O) groups excluding carboxylic acids is 2. The summed E-state index contributed by atoms with van der Waals surface area (Å²) in [5, 5.41) is 12.1. The summed E-state index contributed by atoms with van der Waals surface area (Å²) in [6.07, 6.45) is -1.23. The minimum absolute atomic E-state index is 0.0418. The van der Waals surface area contributed by atoms with E-state index in [9.17, 15) is 14.9 Å². The van der Waals surface area contributed by atoms with Crippen molar-refractivity contribution < 1.29 is 23.8 Å². The number of benzene rings is 3. The molecule has 0 radical (unpaired) electrons. The van der Waals surface area contributed by atoms with Crippen molar-refractivity contribution in [1.29, 1.82) is 5.26 Å². The molecule has 1 N–H and O–H groups in total. The number of ether oxygens (including phenoxy) is 3. The number of amides is 1. The van der Waals surface area contributed by atoms with Gasteiger partial charge in [-0.3, -0.25) is 4.79 Å². The molecule has 1 fully saturated rings. The largest absolute Gasteiger partial charge is 0.508 e. The highest BCUT2D eigenvalue weighted by atomic mass is 16.8. The summed E-state index contributed by atoms with van der Waals surface area (Å²) in [6, 6.07) is 21.9. The van der Waals surface area contributed by atoms with Gasteiger partial charge in [0, 0.05) is 11.6 Å². The first-order chi connectivity index (χ1) is 17.6. The van der Waals surface area contributed by atoms with Crippen molar-refractivity contribution in [2.45, 2.75) is 12.5 Å². The Labute approximate surface area is 207 Å². The molecule has 0 aliphatic carbocycles. The fraction of sp³-hybridized carbons (Fsp3) is 0.143. The van der Waals surface area contributed by atoms with Crippen LogP contribution < -0.4 is 10.1 Å². The molecule has 176 valence electrons. The van der Waals surface area contributed by atoms with Gasteiger partial charge in [-0.15, -0.1) is 0 Å².